The van der Waals surface area contributed by atoms with Crippen molar-refractivity contribution in [3.63, 3.8) is 0 Å². The average molecular weight is 818 g/mol. The van der Waals surface area contributed by atoms with Gasteiger partial charge < -0.3 is 29.6 Å². The summed E-state index contributed by atoms with van der Waals surface area (Å²) in [6.45, 7) is 3.07. The lowest BCUT2D eigenvalue weighted by atomic mass is 10.2. The van der Waals surface area contributed by atoms with Gasteiger partial charge in [-0.2, -0.15) is 0 Å². The second-order valence-corrected chi connectivity index (χ2v) is 17.0. The molecule has 0 bridgehead atoms. The van der Waals surface area contributed by atoms with E-state index in [0.29, 0.717) is 40.0 Å². The summed E-state index contributed by atoms with van der Waals surface area (Å²) < 4.78 is 34.5. The fraction of sp³-hybridized carbons (Fsp3) is 0.286. The highest BCUT2D eigenvalue weighted by atomic mass is 35.5. The third kappa shape index (κ3) is 9.83. The van der Waals surface area contributed by atoms with Gasteiger partial charge in [-0.1, -0.05) is 23.2 Å². The number of nitrogens with one attached hydrogen (secondary N) is 2. The first-order chi connectivity index (χ1) is 26.9. The first-order valence-electron chi connectivity index (χ1n) is 18.1. The Labute approximate surface area is 337 Å². The Morgan fingerprint density at radius 1 is 0.673 bits per heavy atom. The van der Waals surface area contributed by atoms with E-state index in [1.54, 1.807) is 26.5 Å². The number of hydrogen-bond donors (Lipinski definition) is 2. The molecule has 6 aromatic rings. The molecule has 0 saturated carbocycles. The monoisotopic (exact) mass is 816 g/mol. The van der Waals surface area contributed by atoms with Crippen LogP contribution in [0.15, 0.2) is 107 Å². The van der Waals surface area contributed by atoms with Gasteiger partial charge in [-0.25, -0.2) is 0 Å². The third-order valence-electron chi connectivity index (χ3n) is 9.46. The van der Waals surface area contributed by atoms with Crippen molar-refractivity contribution in [3.05, 3.63) is 107 Å². The molecule has 55 heavy (non-hydrogen) atoms. The highest BCUT2D eigenvalue weighted by Crippen LogP contribution is 2.36. The predicted octanol–water partition coefficient (Wildman–Crippen LogP) is 10.8. The lowest BCUT2D eigenvalue weighted by Crippen LogP contribution is -2.24. The maximum atomic E-state index is 13.0. The number of rotatable bonds is 10. The largest absolute Gasteiger partial charge is 0.495 e. The molecule has 0 aliphatic carbocycles. The van der Waals surface area contributed by atoms with Crippen molar-refractivity contribution in [1.29, 1.82) is 0 Å². The van der Waals surface area contributed by atoms with Crippen LogP contribution in [-0.4, -0.2) is 65.3 Å². The molecule has 2 aromatic heterocycles. The van der Waals surface area contributed by atoms with Crippen molar-refractivity contribution in [2.75, 3.05) is 51.3 Å². The molecule has 1 atom stereocenters. The highest BCUT2D eigenvalue weighted by molar-refractivity contribution is 8.00. The van der Waals surface area contributed by atoms with Crippen LogP contribution in [0.4, 0.5) is 22.7 Å². The Kier molecular flexibility index (Phi) is 13.3. The lowest BCUT2D eigenvalue weighted by molar-refractivity contribution is 0.0992. The summed E-state index contributed by atoms with van der Waals surface area (Å²) >= 11 is 14.2. The maximum absolute atomic E-state index is 13.0. The maximum Gasteiger partial charge on any atom is 0.139 e. The van der Waals surface area contributed by atoms with Crippen LogP contribution in [0.2, 0.25) is 10.0 Å². The number of ether oxygens (including phenoxy) is 4. The van der Waals surface area contributed by atoms with E-state index < -0.39 is 10.8 Å². The minimum absolute atomic E-state index is 0.139. The molecule has 2 fully saturated rings. The molecule has 0 spiro atoms. The quantitative estimate of drug-likeness (QED) is 0.139. The fourth-order valence-electron chi connectivity index (χ4n) is 6.52. The molecule has 4 heterocycles. The van der Waals surface area contributed by atoms with Crippen molar-refractivity contribution >= 4 is 90.3 Å². The van der Waals surface area contributed by atoms with Crippen LogP contribution in [-0.2, 0) is 20.3 Å². The van der Waals surface area contributed by atoms with E-state index in [4.69, 9.17) is 42.1 Å². The van der Waals surface area contributed by atoms with Crippen molar-refractivity contribution in [3.8, 4) is 11.5 Å². The lowest BCUT2D eigenvalue weighted by Gasteiger charge is -2.21. The van der Waals surface area contributed by atoms with Gasteiger partial charge in [0.05, 0.1) is 46.1 Å². The molecule has 286 valence electrons. The van der Waals surface area contributed by atoms with Crippen molar-refractivity contribution in [2.24, 2.45) is 0 Å². The standard InChI is InChI=1S/C21H21ClN2O3S.C21H21ClN2O2S/c1-26-21-12-14(2-4-18(21)22)24-20-6-9-23-19-5-3-16(13-17(19)20)28(25)15-7-10-27-11-8-15;1-25-21-12-14(2-4-18(21)22)24-20-6-9-23-19-5-3-16(13-17(19)20)27-15-7-10-26-11-8-15/h2-6,9,12-13,15H,7-8,10-11H2,1H3,(H,23,24);2-6,9,12-13,15H,7-8,10-11H2,1H3,(H,23,24). The zero-order chi connectivity index (χ0) is 38.1. The number of hydrogen-bond acceptors (Lipinski definition) is 10. The molecule has 0 radical (unpaired) electrons. The Morgan fingerprint density at radius 3 is 1.76 bits per heavy atom. The summed E-state index contributed by atoms with van der Waals surface area (Å²) in [5.41, 5.74) is 5.49. The number of halogens is 2. The molecular formula is C42H42Cl2N4O5S2. The second kappa shape index (κ2) is 18.7. The molecule has 1 unspecified atom stereocenters. The third-order valence-corrected chi connectivity index (χ3v) is 13.2. The van der Waals surface area contributed by atoms with Gasteiger partial charge in [0.25, 0.3) is 0 Å². The van der Waals surface area contributed by atoms with Crippen molar-refractivity contribution < 1.29 is 23.2 Å². The topological polar surface area (TPSA) is 104 Å². The zero-order valence-electron chi connectivity index (χ0n) is 30.6. The van der Waals surface area contributed by atoms with Gasteiger partial charge in [0.15, 0.2) is 0 Å². The average Bonchev–Trinajstić information content (AvgIpc) is 3.23. The van der Waals surface area contributed by atoms with Crippen LogP contribution in [0, 0.1) is 0 Å². The highest BCUT2D eigenvalue weighted by Gasteiger charge is 2.22. The molecule has 9 nitrogen and oxygen atoms in total. The number of thioether (sulfide) groups is 1. The van der Waals surface area contributed by atoms with Crippen molar-refractivity contribution in [1.82, 2.24) is 9.97 Å². The van der Waals surface area contributed by atoms with Gasteiger partial charge in [-0.3, -0.25) is 14.2 Å². The summed E-state index contributed by atoms with van der Waals surface area (Å²) in [4.78, 5) is 11.0. The van der Waals surface area contributed by atoms with Crippen LogP contribution in [0.5, 0.6) is 11.5 Å². The number of methoxy groups -OCH3 is 2. The van der Waals surface area contributed by atoms with Crippen molar-refractivity contribution in [2.45, 2.75) is 46.0 Å². The van der Waals surface area contributed by atoms with E-state index >= 15 is 0 Å². The molecule has 2 N–H and O–H groups in total. The molecule has 2 aliphatic heterocycles. The van der Waals surface area contributed by atoms with E-state index in [2.05, 4.69) is 38.8 Å². The Morgan fingerprint density at radius 2 is 1.20 bits per heavy atom. The molecule has 2 saturated heterocycles. The Bertz CT molecular complexity index is 2290. The predicted molar refractivity (Wildman–Crippen MR) is 226 cm³/mol. The normalized spacial score (nSPS) is 15.6. The summed E-state index contributed by atoms with van der Waals surface area (Å²) in [5, 5.41) is 10.8. The SMILES string of the molecule is COc1cc(Nc2ccnc3ccc(S(=O)C4CCOCC4)cc23)ccc1Cl.COc1cc(Nc2ccnc3ccc(SC4CCOCC4)cc23)ccc1Cl. The van der Waals surface area contributed by atoms with Gasteiger partial charge in [0.2, 0.25) is 0 Å². The first-order valence-corrected chi connectivity index (χ1v) is 20.9. The fourth-order valence-corrected chi connectivity index (χ4v) is 9.50. The number of benzene rings is 4. The summed E-state index contributed by atoms with van der Waals surface area (Å²) in [5.74, 6) is 1.25. The molecule has 8 rings (SSSR count). The Balaban J connectivity index is 0.000000169. The van der Waals surface area contributed by atoms with Crippen LogP contribution in [0.1, 0.15) is 25.7 Å². The molecule has 4 aromatic carbocycles. The van der Waals surface area contributed by atoms with E-state index in [9.17, 15) is 4.21 Å². The molecule has 13 heteroatoms. The van der Waals surface area contributed by atoms with Gasteiger partial charge in [0.1, 0.15) is 11.5 Å². The Hall–Kier alpha value is -4.10. The van der Waals surface area contributed by atoms with E-state index in [0.717, 1.165) is 88.3 Å². The number of aromatic nitrogens is 2. The molecular weight excluding hydrogens is 776 g/mol. The van der Waals surface area contributed by atoms with Crippen LogP contribution in [0.3, 0.4) is 0 Å². The number of fused-ring (bicyclic) bond motifs is 2. The minimum Gasteiger partial charge on any atom is -0.495 e. The van der Waals surface area contributed by atoms with E-state index in [-0.39, 0.29) is 5.25 Å². The van der Waals surface area contributed by atoms with Crippen LogP contribution in [0.25, 0.3) is 21.8 Å². The van der Waals surface area contributed by atoms with Gasteiger partial charge in [-0.05, 0) is 98.5 Å². The molecule has 2 aliphatic rings. The van der Waals surface area contributed by atoms with Gasteiger partial charge in [0, 0.05) is 105 Å². The minimum atomic E-state index is -1.06. The first kappa shape index (κ1) is 39.1. The molecule has 0 amide bonds. The zero-order valence-corrected chi connectivity index (χ0v) is 33.7. The second-order valence-electron chi connectivity index (χ2n) is 13.1. The van der Waals surface area contributed by atoms with E-state index in [1.165, 1.54) is 4.90 Å². The summed E-state index contributed by atoms with van der Waals surface area (Å²) in [6.07, 6.45) is 7.44. The van der Waals surface area contributed by atoms with Gasteiger partial charge in [-0.15, -0.1) is 11.8 Å². The number of pyridine rings is 2. The summed E-state index contributed by atoms with van der Waals surface area (Å²) in [7, 11) is 2.14. The van der Waals surface area contributed by atoms with E-state index in [1.807, 2.05) is 78.6 Å². The summed E-state index contributed by atoms with van der Waals surface area (Å²) in [6, 6.07) is 27.4. The smallest absolute Gasteiger partial charge is 0.139 e. The number of anilines is 4. The number of nitrogens with zero attached hydrogens (tertiary/aromatic N) is 2. The van der Waals surface area contributed by atoms with Crippen LogP contribution >= 0.6 is 35.0 Å². The van der Waals surface area contributed by atoms with Gasteiger partial charge >= 0.3 is 0 Å². The van der Waals surface area contributed by atoms with Crippen LogP contribution < -0.4 is 20.1 Å².